The van der Waals surface area contributed by atoms with Gasteiger partial charge in [-0.3, -0.25) is 9.69 Å². The lowest BCUT2D eigenvalue weighted by Crippen LogP contribution is -2.57. The van der Waals surface area contributed by atoms with Crippen LogP contribution >= 0.6 is 0 Å². The number of piperazine rings is 1. The first-order chi connectivity index (χ1) is 6.46. The van der Waals surface area contributed by atoms with Crippen LogP contribution in [0, 0.1) is 0 Å². The summed E-state index contributed by atoms with van der Waals surface area (Å²) >= 11 is 0. The average Bonchev–Trinajstić information content (AvgIpc) is 2.18. The molecule has 1 N–H and O–H groups in total. The van der Waals surface area contributed by atoms with E-state index in [1.807, 2.05) is 13.8 Å². The highest BCUT2D eigenvalue weighted by Gasteiger charge is 2.34. The molecule has 0 aromatic heterocycles. The van der Waals surface area contributed by atoms with Crippen LogP contribution in [0.25, 0.3) is 0 Å². The summed E-state index contributed by atoms with van der Waals surface area (Å²) in [6.07, 6.45) is 0. The van der Waals surface area contributed by atoms with Gasteiger partial charge in [0.25, 0.3) is 0 Å². The topological polar surface area (TPSA) is 32.3 Å². The van der Waals surface area contributed by atoms with E-state index in [-0.39, 0.29) is 5.78 Å². The molecule has 0 saturated carbocycles. The van der Waals surface area contributed by atoms with E-state index in [2.05, 4.69) is 16.8 Å². The van der Waals surface area contributed by atoms with Crippen molar-refractivity contribution < 1.29 is 4.79 Å². The minimum absolute atomic E-state index is 0.152. The Morgan fingerprint density at radius 1 is 1.36 bits per heavy atom. The first-order valence-corrected chi connectivity index (χ1v) is 5.12. The van der Waals surface area contributed by atoms with Gasteiger partial charge in [0.2, 0.25) is 0 Å². The first kappa shape index (κ1) is 11.4. The summed E-state index contributed by atoms with van der Waals surface area (Å²) in [5.74, 6) is 0.152. The molecule has 0 bridgehead atoms. The second-order valence-electron chi connectivity index (χ2n) is 4.41. The zero-order valence-electron chi connectivity index (χ0n) is 9.39. The standard InChI is InChI=1S/C11H20N2O/c1-9(2)10(14)11(3,4)13-7-5-12-6-8-13/h12H,1,5-8H2,2-4H3. The fraction of sp³-hybridized carbons (Fsp3) is 0.727. The first-order valence-electron chi connectivity index (χ1n) is 5.12. The lowest BCUT2D eigenvalue weighted by atomic mass is 9.92. The molecule has 3 heteroatoms. The minimum atomic E-state index is -0.395. The molecular formula is C11H20N2O. The molecule has 0 aromatic rings. The van der Waals surface area contributed by atoms with Gasteiger partial charge in [-0.05, 0) is 26.3 Å². The molecule has 1 aliphatic rings. The number of ketones is 1. The normalized spacial score (nSPS) is 19.4. The Morgan fingerprint density at radius 2 is 1.86 bits per heavy atom. The Balaban J connectivity index is 2.71. The molecule has 0 atom stereocenters. The van der Waals surface area contributed by atoms with E-state index >= 15 is 0 Å². The Labute approximate surface area is 86.2 Å². The largest absolute Gasteiger partial charge is 0.314 e. The Kier molecular flexibility index (Phi) is 3.45. The fourth-order valence-electron chi connectivity index (χ4n) is 1.89. The van der Waals surface area contributed by atoms with E-state index in [9.17, 15) is 4.79 Å². The number of hydrogen-bond donors (Lipinski definition) is 1. The maximum Gasteiger partial charge on any atom is 0.177 e. The van der Waals surface area contributed by atoms with Crippen molar-refractivity contribution in [2.24, 2.45) is 0 Å². The van der Waals surface area contributed by atoms with Gasteiger partial charge < -0.3 is 5.32 Å². The summed E-state index contributed by atoms with van der Waals surface area (Å²) in [4.78, 5) is 14.1. The molecule has 80 valence electrons. The number of carbonyl (C=O) groups excluding carboxylic acids is 1. The summed E-state index contributed by atoms with van der Waals surface area (Å²) in [6, 6.07) is 0. The highest BCUT2D eigenvalue weighted by Crippen LogP contribution is 2.19. The highest BCUT2D eigenvalue weighted by atomic mass is 16.1. The van der Waals surface area contributed by atoms with Crippen LogP contribution in [0.2, 0.25) is 0 Å². The van der Waals surface area contributed by atoms with E-state index in [0.717, 1.165) is 26.2 Å². The van der Waals surface area contributed by atoms with E-state index < -0.39 is 5.54 Å². The third-order valence-corrected chi connectivity index (χ3v) is 2.85. The van der Waals surface area contributed by atoms with Crippen LogP contribution in [0.3, 0.4) is 0 Å². The van der Waals surface area contributed by atoms with Gasteiger partial charge in [0, 0.05) is 26.2 Å². The smallest absolute Gasteiger partial charge is 0.177 e. The Bertz CT molecular complexity index is 240. The molecule has 1 aliphatic heterocycles. The number of nitrogens with zero attached hydrogens (tertiary/aromatic N) is 1. The summed E-state index contributed by atoms with van der Waals surface area (Å²) in [5.41, 5.74) is 0.252. The molecule has 0 unspecified atom stereocenters. The highest BCUT2D eigenvalue weighted by molar-refractivity contribution is 6.01. The summed E-state index contributed by atoms with van der Waals surface area (Å²) < 4.78 is 0. The van der Waals surface area contributed by atoms with Crippen LogP contribution in [0.5, 0.6) is 0 Å². The Hall–Kier alpha value is -0.670. The molecule has 14 heavy (non-hydrogen) atoms. The molecule has 1 saturated heterocycles. The molecule has 0 aromatic carbocycles. The van der Waals surface area contributed by atoms with Crippen LogP contribution in [0.1, 0.15) is 20.8 Å². The lowest BCUT2D eigenvalue weighted by Gasteiger charge is -2.40. The van der Waals surface area contributed by atoms with Gasteiger partial charge in [-0.2, -0.15) is 0 Å². The third kappa shape index (κ3) is 2.22. The SMILES string of the molecule is C=C(C)C(=O)C(C)(C)N1CCNCC1. The van der Waals surface area contributed by atoms with E-state index in [4.69, 9.17) is 0 Å². The van der Waals surface area contributed by atoms with E-state index in [1.165, 1.54) is 0 Å². The van der Waals surface area contributed by atoms with Crippen LogP contribution in [0.4, 0.5) is 0 Å². The zero-order valence-corrected chi connectivity index (χ0v) is 9.39. The van der Waals surface area contributed by atoms with Gasteiger partial charge in [-0.25, -0.2) is 0 Å². The second-order valence-corrected chi connectivity index (χ2v) is 4.41. The maximum atomic E-state index is 11.9. The maximum absolute atomic E-state index is 11.9. The summed E-state index contributed by atoms with van der Waals surface area (Å²) in [6.45, 7) is 13.3. The molecule has 0 aliphatic carbocycles. The number of carbonyl (C=O) groups is 1. The lowest BCUT2D eigenvalue weighted by molar-refractivity contribution is -0.125. The van der Waals surface area contributed by atoms with Crippen LogP contribution in [0.15, 0.2) is 12.2 Å². The molecule has 1 rings (SSSR count). The number of nitrogens with one attached hydrogen (secondary N) is 1. The molecule has 3 nitrogen and oxygen atoms in total. The van der Waals surface area contributed by atoms with Crippen molar-refractivity contribution in [3.05, 3.63) is 12.2 Å². The predicted molar refractivity (Wildman–Crippen MR) is 58.3 cm³/mol. The second kappa shape index (κ2) is 4.24. The number of rotatable bonds is 3. The van der Waals surface area contributed by atoms with Crippen LogP contribution in [-0.2, 0) is 4.79 Å². The molecule has 1 fully saturated rings. The van der Waals surface area contributed by atoms with E-state index in [1.54, 1.807) is 6.92 Å². The van der Waals surface area contributed by atoms with Crippen LogP contribution < -0.4 is 5.32 Å². The van der Waals surface area contributed by atoms with Crippen molar-refractivity contribution in [2.45, 2.75) is 26.3 Å². The van der Waals surface area contributed by atoms with Crippen molar-refractivity contribution in [1.82, 2.24) is 10.2 Å². The predicted octanol–water partition coefficient (Wildman–Crippen LogP) is 0.815. The molecule has 0 amide bonds. The van der Waals surface area contributed by atoms with Gasteiger partial charge in [0.05, 0.1) is 5.54 Å². The summed E-state index contributed by atoms with van der Waals surface area (Å²) in [7, 11) is 0. The third-order valence-electron chi connectivity index (χ3n) is 2.85. The van der Waals surface area contributed by atoms with Gasteiger partial charge in [0.15, 0.2) is 5.78 Å². The van der Waals surface area contributed by atoms with E-state index in [0.29, 0.717) is 5.57 Å². The molecule has 1 heterocycles. The van der Waals surface area contributed by atoms with Gasteiger partial charge in [-0.15, -0.1) is 0 Å². The van der Waals surface area contributed by atoms with Crippen molar-refractivity contribution in [1.29, 1.82) is 0 Å². The van der Waals surface area contributed by atoms with Crippen molar-refractivity contribution in [2.75, 3.05) is 26.2 Å². The van der Waals surface area contributed by atoms with Crippen LogP contribution in [-0.4, -0.2) is 42.4 Å². The van der Waals surface area contributed by atoms with Gasteiger partial charge >= 0.3 is 0 Å². The van der Waals surface area contributed by atoms with Crippen molar-refractivity contribution in [3.63, 3.8) is 0 Å². The number of Topliss-reactive ketones (excluding diaryl/α,β-unsaturated/α-hetero) is 1. The monoisotopic (exact) mass is 196 g/mol. The molecule has 0 spiro atoms. The molecule has 0 radical (unpaired) electrons. The minimum Gasteiger partial charge on any atom is -0.314 e. The number of hydrogen-bond acceptors (Lipinski definition) is 3. The average molecular weight is 196 g/mol. The van der Waals surface area contributed by atoms with Gasteiger partial charge in [-0.1, -0.05) is 6.58 Å². The van der Waals surface area contributed by atoms with Gasteiger partial charge in [0.1, 0.15) is 0 Å². The summed E-state index contributed by atoms with van der Waals surface area (Å²) in [5, 5.41) is 3.28. The van der Waals surface area contributed by atoms with Crippen molar-refractivity contribution in [3.8, 4) is 0 Å². The quantitative estimate of drug-likeness (QED) is 0.678. The Morgan fingerprint density at radius 3 is 2.29 bits per heavy atom. The zero-order chi connectivity index (χ0) is 10.8. The fourth-order valence-corrected chi connectivity index (χ4v) is 1.89. The van der Waals surface area contributed by atoms with Crippen molar-refractivity contribution >= 4 is 5.78 Å². The molecular weight excluding hydrogens is 176 g/mol.